The van der Waals surface area contributed by atoms with E-state index in [9.17, 15) is 8.78 Å². The van der Waals surface area contributed by atoms with Gasteiger partial charge in [-0.05, 0) is 31.9 Å². The molecule has 0 bridgehead atoms. The first kappa shape index (κ1) is 20.4. The summed E-state index contributed by atoms with van der Waals surface area (Å²) in [6, 6.07) is 3.23. The van der Waals surface area contributed by atoms with Gasteiger partial charge in [0.05, 0.1) is 32.4 Å². The zero-order chi connectivity index (χ0) is 18.6. The second-order valence-corrected chi connectivity index (χ2v) is 5.82. The normalized spacial score (nSPS) is 17.3. The third-order valence-electron chi connectivity index (χ3n) is 3.72. The first-order valence-corrected chi connectivity index (χ1v) is 8.98. The summed E-state index contributed by atoms with van der Waals surface area (Å²) in [4.78, 5) is 4.40. The molecule has 1 saturated heterocycles. The predicted molar refractivity (Wildman–Crippen MR) is 95.6 cm³/mol. The largest absolute Gasteiger partial charge is 0.489 e. The molecule has 1 fully saturated rings. The number of nitrogens with zero attached hydrogens (tertiary/aromatic N) is 1. The van der Waals surface area contributed by atoms with Crippen molar-refractivity contribution in [3.63, 3.8) is 0 Å². The van der Waals surface area contributed by atoms with Gasteiger partial charge in [0.25, 0.3) is 0 Å². The third-order valence-corrected chi connectivity index (χ3v) is 3.72. The Morgan fingerprint density at radius 1 is 1.31 bits per heavy atom. The van der Waals surface area contributed by atoms with Crippen molar-refractivity contribution in [2.45, 2.75) is 25.9 Å². The molecule has 26 heavy (non-hydrogen) atoms. The van der Waals surface area contributed by atoms with Gasteiger partial charge in [-0.3, -0.25) is 4.99 Å². The van der Waals surface area contributed by atoms with Crippen molar-refractivity contribution in [2.75, 3.05) is 46.1 Å². The SMILES string of the molecule is CCNC(=NCCOCC1CCCO1)NCCOc1ccc(F)cc1F. The molecule has 1 unspecified atom stereocenters. The smallest absolute Gasteiger partial charge is 0.191 e. The number of nitrogens with one attached hydrogen (secondary N) is 2. The summed E-state index contributed by atoms with van der Waals surface area (Å²) in [5.74, 6) is -0.681. The molecule has 1 atom stereocenters. The van der Waals surface area contributed by atoms with Crippen LogP contribution in [-0.2, 0) is 9.47 Å². The van der Waals surface area contributed by atoms with Crippen molar-refractivity contribution in [3.8, 4) is 5.75 Å². The number of benzene rings is 1. The summed E-state index contributed by atoms with van der Waals surface area (Å²) in [5.41, 5.74) is 0. The molecular weight excluding hydrogens is 344 g/mol. The van der Waals surface area contributed by atoms with Crippen molar-refractivity contribution < 1.29 is 23.0 Å². The van der Waals surface area contributed by atoms with Crippen molar-refractivity contribution in [2.24, 2.45) is 4.99 Å². The average molecular weight is 371 g/mol. The van der Waals surface area contributed by atoms with Gasteiger partial charge in [-0.15, -0.1) is 0 Å². The van der Waals surface area contributed by atoms with Crippen LogP contribution in [0.25, 0.3) is 0 Å². The number of aliphatic imine (C=N–C) groups is 1. The average Bonchev–Trinajstić information content (AvgIpc) is 3.13. The monoisotopic (exact) mass is 371 g/mol. The van der Waals surface area contributed by atoms with Crippen molar-refractivity contribution in [1.82, 2.24) is 10.6 Å². The highest BCUT2D eigenvalue weighted by Crippen LogP contribution is 2.17. The van der Waals surface area contributed by atoms with Crippen molar-refractivity contribution >= 4 is 5.96 Å². The maximum atomic E-state index is 13.5. The van der Waals surface area contributed by atoms with E-state index in [4.69, 9.17) is 14.2 Å². The van der Waals surface area contributed by atoms with E-state index in [-0.39, 0.29) is 18.5 Å². The molecule has 1 aromatic rings. The topological polar surface area (TPSA) is 64.1 Å². The molecule has 8 heteroatoms. The standard InChI is InChI=1S/C18H27F2N3O3/c1-2-21-18(22-7-10-24-13-15-4-3-9-25-15)23-8-11-26-17-6-5-14(19)12-16(17)20/h5-6,12,15H,2-4,7-11,13H2,1H3,(H2,21,22,23). The third kappa shape index (κ3) is 7.53. The zero-order valence-electron chi connectivity index (χ0n) is 15.1. The van der Waals surface area contributed by atoms with Gasteiger partial charge in [-0.2, -0.15) is 0 Å². The first-order valence-electron chi connectivity index (χ1n) is 8.98. The van der Waals surface area contributed by atoms with E-state index in [0.29, 0.717) is 32.3 Å². The molecule has 0 saturated carbocycles. The minimum atomic E-state index is -0.714. The Hall–Kier alpha value is -1.93. The van der Waals surface area contributed by atoms with E-state index >= 15 is 0 Å². The van der Waals surface area contributed by atoms with Gasteiger partial charge < -0.3 is 24.8 Å². The van der Waals surface area contributed by atoms with Gasteiger partial charge in [-0.1, -0.05) is 0 Å². The number of hydrogen-bond donors (Lipinski definition) is 2. The molecule has 0 aromatic heterocycles. The molecule has 6 nitrogen and oxygen atoms in total. The van der Waals surface area contributed by atoms with Gasteiger partial charge in [0.15, 0.2) is 17.5 Å². The molecule has 0 radical (unpaired) electrons. The van der Waals surface area contributed by atoms with Crippen LogP contribution in [-0.4, -0.2) is 58.1 Å². The summed E-state index contributed by atoms with van der Waals surface area (Å²) in [5, 5.41) is 6.20. The Labute approximate surface area is 152 Å². The van der Waals surface area contributed by atoms with E-state index in [2.05, 4.69) is 15.6 Å². The fourth-order valence-corrected chi connectivity index (χ4v) is 2.48. The lowest BCUT2D eigenvalue weighted by Gasteiger charge is -2.13. The van der Waals surface area contributed by atoms with E-state index in [1.165, 1.54) is 6.07 Å². The number of halogens is 2. The van der Waals surface area contributed by atoms with Crippen LogP contribution in [0.2, 0.25) is 0 Å². The summed E-state index contributed by atoms with van der Waals surface area (Å²) < 4.78 is 42.7. The van der Waals surface area contributed by atoms with Crippen LogP contribution in [0.4, 0.5) is 8.78 Å². The fourth-order valence-electron chi connectivity index (χ4n) is 2.48. The molecule has 1 aliphatic rings. The molecule has 0 aliphatic carbocycles. The molecule has 0 spiro atoms. The lowest BCUT2D eigenvalue weighted by atomic mass is 10.2. The van der Waals surface area contributed by atoms with Crippen molar-refractivity contribution in [3.05, 3.63) is 29.8 Å². The molecular formula is C18H27F2N3O3. The van der Waals surface area contributed by atoms with Crippen LogP contribution in [0.5, 0.6) is 5.75 Å². The van der Waals surface area contributed by atoms with E-state index in [0.717, 1.165) is 38.1 Å². The molecule has 1 aromatic carbocycles. The Morgan fingerprint density at radius 3 is 2.92 bits per heavy atom. The Bertz CT molecular complexity index is 567. The van der Waals surface area contributed by atoms with Gasteiger partial charge in [0.2, 0.25) is 0 Å². The first-order chi connectivity index (χ1) is 12.7. The van der Waals surface area contributed by atoms with Crippen LogP contribution in [0.3, 0.4) is 0 Å². The van der Waals surface area contributed by atoms with Gasteiger partial charge >= 0.3 is 0 Å². The van der Waals surface area contributed by atoms with Gasteiger partial charge in [0.1, 0.15) is 12.4 Å². The zero-order valence-corrected chi connectivity index (χ0v) is 15.1. The number of guanidine groups is 1. The van der Waals surface area contributed by atoms with Crippen LogP contribution in [0.1, 0.15) is 19.8 Å². The van der Waals surface area contributed by atoms with Crippen LogP contribution < -0.4 is 15.4 Å². The fraction of sp³-hybridized carbons (Fsp3) is 0.611. The summed E-state index contributed by atoms with van der Waals surface area (Å²) in [6.45, 7) is 5.82. The number of hydrogen-bond acceptors (Lipinski definition) is 4. The van der Waals surface area contributed by atoms with Crippen molar-refractivity contribution in [1.29, 1.82) is 0 Å². The highest BCUT2D eigenvalue weighted by atomic mass is 19.1. The van der Waals surface area contributed by atoms with Crippen LogP contribution in [0.15, 0.2) is 23.2 Å². The predicted octanol–water partition coefficient (Wildman–Crippen LogP) is 2.09. The molecule has 2 rings (SSSR count). The minimum absolute atomic E-state index is 0.0256. The number of rotatable bonds is 10. The maximum absolute atomic E-state index is 13.5. The lowest BCUT2D eigenvalue weighted by Crippen LogP contribution is -2.39. The molecule has 2 N–H and O–H groups in total. The highest BCUT2D eigenvalue weighted by Gasteiger charge is 2.14. The molecule has 146 valence electrons. The van der Waals surface area contributed by atoms with E-state index < -0.39 is 11.6 Å². The summed E-state index contributed by atoms with van der Waals surface area (Å²) in [6.07, 6.45) is 2.38. The highest BCUT2D eigenvalue weighted by molar-refractivity contribution is 5.79. The van der Waals surface area contributed by atoms with E-state index in [1.807, 2.05) is 6.92 Å². The molecule has 0 amide bonds. The van der Waals surface area contributed by atoms with Gasteiger partial charge in [0, 0.05) is 19.2 Å². The Morgan fingerprint density at radius 2 is 2.19 bits per heavy atom. The minimum Gasteiger partial charge on any atom is -0.489 e. The summed E-state index contributed by atoms with van der Waals surface area (Å²) in [7, 11) is 0. The second kappa shape index (κ2) is 11.6. The molecule has 1 aliphatic heterocycles. The van der Waals surface area contributed by atoms with E-state index in [1.54, 1.807) is 0 Å². The maximum Gasteiger partial charge on any atom is 0.191 e. The second-order valence-electron chi connectivity index (χ2n) is 5.82. The van der Waals surface area contributed by atoms with Gasteiger partial charge in [-0.25, -0.2) is 8.78 Å². The lowest BCUT2D eigenvalue weighted by molar-refractivity contribution is 0.0200. The number of ether oxygens (including phenoxy) is 3. The summed E-state index contributed by atoms with van der Waals surface area (Å²) >= 11 is 0. The van der Waals surface area contributed by atoms with Crippen LogP contribution in [0, 0.1) is 11.6 Å². The Kier molecular flexibility index (Phi) is 9.13. The molecule has 1 heterocycles. The quantitative estimate of drug-likeness (QED) is 0.375. The Balaban J connectivity index is 1.62. The van der Waals surface area contributed by atoms with Crippen LogP contribution >= 0.6 is 0 Å².